The summed E-state index contributed by atoms with van der Waals surface area (Å²) in [7, 11) is 1.74. The van der Waals surface area contributed by atoms with Crippen LogP contribution in [0.15, 0.2) is 29.4 Å². The van der Waals surface area contributed by atoms with Crippen LogP contribution in [0, 0.1) is 13.8 Å². The molecule has 7 nitrogen and oxygen atoms in total. The molecule has 0 spiro atoms. The molecule has 2 heterocycles. The SMILES string of the molecule is Cc1nsc(C)c1-c1c(-c2ccc(O)cc2)nn(C)c1C(N)=NO. The van der Waals surface area contributed by atoms with Gasteiger partial charge in [-0.2, -0.15) is 9.47 Å². The first-order chi connectivity index (χ1) is 11.4. The fourth-order valence-corrected chi connectivity index (χ4v) is 3.47. The largest absolute Gasteiger partial charge is 0.508 e. The zero-order valence-corrected chi connectivity index (χ0v) is 14.3. The number of benzene rings is 1. The Kier molecular flexibility index (Phi) is 3.98. The number of nitrogens with zero attached hydrogens (tertiary/aromatic N) is 4. The average molecular weight is 343 g/mol. The molecule has 0 saturated carbocycles. The molecule has 0 amide bonds. The van der Waals surface area contributed by atoms with Crippen molar-refractivity contribution in [3.05, 3.63) is 40.5 Å². The van der Waals surface area contributed by atoms with E-state index in [4.69, 9.17) is 10.9 Å². The first-order valence-electron chi connectivity index (χ1n) is 7.21. The third-order valence-corrected chi connectivity index (χ3v) is 4.66. The van der Waals surface area contributed by atoms with E-state index < -0.39 is 0 Å². The van der Waals surface area contributed by atoms with Crippen LogP contribution in [-0.2, 0) is 7.05 Å². The highest BCUT2D eigenvalue weighted by molar-refractivity contribution is 7.06. The lowest BCUT2D eigenvalue weighted by Crippen LogP contribution is -2.18. The number of aromatic nitrogens is 3. The molecule has 3 aromatic rings. The summed E-state index contributed by atoms with van der Waals surface area (Å²) in [6, 6.07) is 6.76. The predicted molar refractivity (Wildman–Crippen MR) is 93.4 cm³/mol. The zero-order valence-electron chi connectivity index (χ0n) is 13.5. The molecule has 2 aromatic heterocycles. The van der Waals surface area contributed by atoms with Crippen LogP contribution < -0.4 is 5.73 Å². The number of hydrogen-bond acceptors (Lipinski definition) is 6. The van der Waals surface area contributed by atoms with Crippen molar-refractivity contribution in [3.63, 3.8) is 0 Å². The van der Waals surface area contributed by atoms with Gasteiger partial charge in [0, 0.05) is 28.6 Å². The second-order valence-electron chi connectivity index (χ2n) is 5.43. The second-order valence-corrected chi connectivity index (χ2v) is 6.40. The summed E-state index contributed by atoms with van der Waals surface area (Å²) in [5, 5.41) is 26.4. The third kappa shape index (κ3) is 2.50. The molecule has 0 saturated heterocycles. The van der Waals surface area contributed by atoms with Crippen molar-refractivity contribution in [2.45, 2.75) is 13.8 Å². The molecule has 0 aliphatic rings. The van der Waals surface area contributed by atoms with Crippen LogP contribution in [-0.4, -0.2) is 30.3 Å². The van der Waals surface area contributed by atoms with Gasteiger partial charge < -0.3 is 16.0 Å². The van der Waals surface area contributed by atoms with Crippen LogP contribution in [0.5, 0.6) is 5.75 Å². The number of nitrogens with two attached hydrogens (primary N) is 1. The van der Waals surface area contributed by atoms with Crippen LogP contribution in [0.4, 0.5) is 0 Å². The first-order valence-corrected chi connectivity index (χ1v) is 7.99. The Morgan fingerprint density at radius 3 is 2.42 bits per heavy atom. The van der Waals surface area contributed by atoms with Crippen molar-refractivity contribution >= 4 is 17.4 Å². The van der Waals surface area contributed by atoms with E-state index in [1.54, 1.807) is 36.0 Å². The highest BCUT2D eigenvalue weighted by Crippen LogP contribution is 2.39. The molecule has 0 radical (unpaired) electrons. The maximum absolute atomic E-state index is 9.53. The molecular weight excluding hydrogens is 326 g/mol. The van der Waals surface area contributed by atoms with E-state index in [0.717, 1.165) is 27.3 Å². The summed E-state index contributed by atoms with van der Waals surface area (Å²) < 4.78 is 5.98. The number of hydrogen-bond donors (Lipinski definition) is 3. The lowest BCUT2D eigenvalue weighted by molar-refractivity contribution is 0.318. The number of phenolic OH excluding ortho intramolecular Hbond substituents is 1. The smallest absolute Gasteiger partial charge is 0.189 e. The fourth-order valence-electron chi connectivity index (χ4n) is 2.76. The predicted octanol–water partition coefficient (Wildman–Crippen LogP) is 2.63. The molecule has 1 aromatic carbocycles. The van der Waals surface area contributed by atoms with E-state index >= 15 is 0 Å². The van der Waals surface area contributed by atoms with Crippen molar-refractivity contribution in [2.75, 3.05) is 0 Å². The highest BCUT2D eigenvalue weighted by Gasteiger charge is 2.25. The summed E-state index contributed by atoms with van der Waals surface area (Å²) in [5.74, 6) is 0.160. The number of rotatable bonds is 3. The van der Waals surface area contributed by atoms with E-state index in [0.29, 0.717) is 11.4 Å². The molecule has 4 N–H and O–H groups in total. The fraction of sp³-hybridized carbons (Fsp3) is 0.188. The van der Waals surface area contributed by atoms with Gasteiger partial charge in [0.2, 0.25) is 0 Å². The van der Waals surface area contributed by atoms with Crippen LogP contribution in [0.25, 0.3) is 22.4 Å². The Balaban J connectivity index is 2.37. The van der Waals surface area contributed by atoms with Crippen LogP contribution >= 0.6 is 11.5 Å². The van der Waals surface area contributed by atoms with Crippen molar-refractivity contribution in [2.24, 2.45) is 17.9 Å². The number of aromatic hydroxyl groups is 1. The molecule has 0 atom stereocenters. The van der Waals surface area contributed by atoms with Gasteiger partial charge in [-0.05, 0) is 49.6 Å². The quantitative estimate of drug-likeness (QED) is 0.293. The standard InChI is InChI=1S/C16H17N5O2S/c1-8-12(9(2)24-20-8)13-14(10-4-6-11(22)7-5-10)18-21(3)15(13)16(17)19-23/h4-7,22-23H,1-3H3,(H2,17,19). The van der Waals surface area contributed by atoms with Crippen molar-refractivity contribution in [1.82, 2.24) is 14.2 Å². The Hall–Kier alpha value is -2.87. The molecule has 0 unspecified atom stereocenters. The Morgan fingerprint density at radius 1 is 1.21 bits per heavy atom. The summed E-state index contributed by atoms with van der Waals surface area (Å²) in [6.45, 7) is 3.89. The normalized spacial score (nSPS) is 11.9. The summed E-state index contributed by atoms with van der Waals surface area (Å²) in [5.41, 5.74) is 10.5. The summed E-state index contributed by atoms with van der Waals surface area (Å²) in [6.07, 6.45) is 0. The van der Waals surface area contributed by atoms with E-state index in [-0.39, 0.29) is 11.6 Å². The maximum Gasteiger partial charge on any atom is 0.189 e. The average Bonchev–Trinajstić information content (AvgIpc) is 3.06. The lowest BCUT2D eigenvalue weighted by atomic mass is 9.97. The van der Waals surface area contributed by atoms with Gasteiger partial charge in [0.15, 0.2) is 5.84 Å². The molecule has 0 aliphatic heterocycles. The summed E-state index contributed by atoms with van der Waals surface area (Å²) in [4.78, 5) is 1.02. The molecular formula is C16H17N5O2S. The van der Waals surface area contributed by atoms with E-state index in [1.807, 2.05) is 13.8 Å². The number of oxime groups is 1. The molecule has 24 heavy (non-hydrogen) atoms. The molecule has 124 valence electrons. The Labute approximate surface area is 142 Å². The van der Waals surface area contributed by atoms with Gasteiger partial charge in [-0.15, -0.1) is 0 Å². The van der Waals surface area contributed by atoms with Crippen LogP contribution in [0.3, 0.4) is 0 Å². The second kappa shape index (κ2) is 5.97. The van der Waals surface area contributed by atoms with Crippen LogP contribution in [0.2, 0.25) is 0 Å². The van der Waals surface area contributed by atoms with Gasteiger partial charge >= 0.3 is 0 Å². The first kappa shape index (κ1) is 16.0. The van der Waals surface area contributed by atoms with E-state index in [2.05, 4.69) is 14.6 Å². The topological polar surface area (TPSA) is 110 Å². The molecule has 3 rings (SSSR count). The van der Waals surface area contributed by atoms with Gasteiger partial charge in [0.05, 0.1) is 5.69 Å². The highest BCUT2D eigenvalue weighted by atomic mass is 32.1. The Bertz CT molecular complexity index is 905. The van der Waals surface area contributed by atoms with Crippen LogP contribution in [0.1, 0.15) is 16.3 Å². The summed E-state index contributed by atoms with van der Waals surface area (Å²) >= 11 is 1.40. The third-order valence-electron chi connectivity index (χ3n) is 3.82. The van der Waals surface area contributed by atoms with Gasteiger partial charge in [-0.1, -0.05) is 5.16 Å². The molecule has 8 heteroatoms. The van der Waals surface area contributed by atoms with Gasteiger partial charge in [0.1, 0.15) is 17.1 Å². The molecule has 0 aliphatic carbocycles. The van der Waals surface area contributed by atoms with Gasteiger partial charge in [-0.25, -0.2) is 0 Å². The van der Waals surface area contributed by atoms with E-state index in [9.17, 15) is 5.11 Å². The Morgan fingerprint density at radius 2 is 1.88 bits per heavy atom. The molecule has 0 fully saturated rings. The lowest BCUT2D eigenvalue weighted by Gasteiger charge is -2.07. The van der Waals surface area contributed by atoms with Gasteiger partial charge in [-0.3, -0.25) is 4.68 Å². The van der Waals surface area contributed by atoms with Crippen molar-refractivity contribution in [1.29, 1.82) is 0 Å². The monoisotopic (exact) mass is 343 g/mol. The van der Waals surface area contributed by atoms with Gasteiger partial charge in [0.25, 0.3) is 0 Å². The maximum atomic E-state index is 9.53. The molecule has 0 bridgehead atoms. The number of phenols is 1. The number of aryl methyl sites for hydroxylation is 3. The zero-order chi connectivity index (χ0) is 17.4. The van der Waals surface area contributed by atoms with Crippen molar-refractivity contribution in [3.8, 4) is 28.1 Å². The van der Waals surface area contributed by atoms with E-state index in [1.165, 1.54) is 11.5 Å². The minimum Gasteiger partial charge on any atom is -0.508 e. The number of amidine groups is 1. The minimum atomic E-state index is -0.0185. The minimum absolute atomic E-state index is 0.0185. The van der Waals surface area contributed by atoms with Crippen molar-refractivity contribution < 1.29 is 10.3 Å².